The number of pyridine rings is 1. The summed E-state index contributed by atoms with van der Waals surface area (Å²) in [6.07, 6.45) is 2.63. The highest BCUT2D eigenvalue weighted by Gasteiger charge is 1.99. The van der Waals surface area contributed by atoms with Crippen LogP contribution in [0.3, 0.4) is 0 Å². The lowest BCUT2D eigenvalue weighted by Gasteiger charge is -2.06. The Hall–Kier alpha value is -0.650. The Labute approximate surface area is 103 Å². The summed E-state index contributed by atoms with van der Waals surface area (Å²) in [7, 11) is 1.67. The maximum atomic E-state index is 11.6. The van der Waals surface area contributed by atoms with Crippen LogP contribution in [0.2, 0.25) is 0 Å². The molecule has 0 radical (unpaired) electrons. The quantitative estimate of drug-likeness (QED) is 0.717. The SMILES string of the molecule is COCCCOCCn1cccc(Br)c1=O. The highest BCUT2D eigenvalue weighted by molar-refractivity contribution is 9.10. The van der Waals surface area contributed by atoms with Crippen LogP contribution in [-0.4, -0.2) is 31.5 Å². The number of ether oxygens (including phenoxy) is 2. The van der Waals surface area contributed by atoms with Crippen molar-refractivity contribution in [1.82, 2.24) is 4.57 Å². The van der Waals surface area contributed by atoms with Crippen LogP contribution >= 0.6 is 15.9 Å². The highest BCUT2D eigenvalue weighted by atomic mass is 79.9. The van der Waals surface area contributed by atoms with Crippen LogP contribution in [0.15, 0.2) is 27.6 Å². The Kier molecular flexibility index (Phi) is 6.37. The Bertz CT molecular complexity index is 364. The summed E-state index contributed by atoms with van der Waals surface area (Å²) in [4.78, 5) is 11.6. The zero-order chi connectivity index (χ0) is 11.8. The average molecular weight is 290 g/mol. The largest absolute Gasteiger partial charge is 0.385 e. The summed E-state index contributed by atoms with van der Waals surface area (Å²) in [6.45, 7) is 2.48. The van der Waals surface area contributed by atoms with E-state index in [0.29, 0.717) is 30.8 Å². The summed E-state index contributed by atoms with van der Waals surface area (Å²) in [5, 5.41) is 0. The molecule has 0 bridgehead atoms. The smallest absolute Gasteiger partial charge is 0.264 e. The van der Waals surface area contributed by atoms with E-state index >= 15 is 0 Å². The van der Waals surface area contributed by atoms with E-state index in [1.165, 1.54) is 0 Å². The van der Waals surface area contributed by atoms with Crippen LogP contribution in [0, 0.1) is 0 Å². The lowest BCUT2D eigenvalue weighted by atomic mass is 10.4. The molecule has 0 fully saturated rings. The third-order valence-electron chi connectivity index (χ3n) is 2.09. The molecule has 0 aromatic carbocycles. The van der Waals surface area contributed by atoms with Crippen LogP contribution in [-0.2, 0) is 16.0 Å². The summed E-state index contributed by atoms with van der Waals surface area (Å²) in [6, 6.07) is 3.56. The van der Waals surface area contributed by atoms with Crippen molar-refractivity contribution in [3.05, 3.63) is 33.2 Å². The molecule has 0 spiro atoms. The van der Waals surface area contributed by atoms with Gasteiger partial charge in [-0.25, -0.2) is 0 Å². The number of rotatable bonds is 7. The molecule has 16 heavy (non-hydrogen) atoms. The third-order valence-corrected chi connectivity index (χ3v) is 2.69. The molecular formula is C11H16BrNO3. The molecule has 90 valence electrons. The van der Waals surface area contributed by atoms with Gasteiger partial charge in [-0.3, -0.25) is 4.79 Å². The first kappa shape index (κ1) is 13.4. The van der Waals surface area contributed by atoms with Crippen LogP contribution in [0.5, 0.6) is 0 Å². The first-order chi connectivity index (χ1) is 7.75. The van der Waals surface area contributed by atoms with Crippen molar-refractivity contribution >= 4 is 15.9 Å². The summed E-state index contributed by atoms with van der Waals surface area (Å²) < 4.78 is 12.5. The minimum atomic E-state index is -0.0250. The zero-order valence-electron chi connectivity index (χ0n) is 9.32. The van der Waals surface area contributed by atoms with Crippen LogP contribution in [0.25, 0.3) is 0 Å². The van der Waals surface area contributed by atoms with Gasteiger partial charge in [0.25, 0.3) is 5.56 Å². The predicted octanol–water partition coefficient (Wildman–Crippen LogP) is 1.66. The van der Waals surface area contributed by atoms with Gasteiger partial charge in [0, 0.05) is 33.1 Å². The molecule has 5 heteroatoms. The van der Waals surface area contributed by atoms with Crippen molar-refractivity contribution < 1.29 is 9.47 Å². The Morgan fingerprint density at radius 1 is 1.38 bits per heavy atom. The molecule has 0 saturated heterocycles. The van der Waals surface area contributed by atoms with Gasteiger partial charge >= 0.3 is 0 Å². The van der Waals surface area contributed by atoms with Crippen molar-refractivity contribution in [3.63, 3.8) is 0 Å². The predicted molar refractivity (Wildman–Crippen MR) is 65.7 cm³/mol. The Balaban J connectivity index is 2.27. The molecule has 4 nitrogen and oxygen atoms in total. The van der Waals surface area contributed by atoms with Crippen molar-refractivity contribution in [2.75, 3.05) is 26.9 Å². The molecule has 1 heterocycles. The molecular weight excluding hydrogens is 274 g/mol. The number of aromatic nitrogens is 1. The molecule has 0 atom stereocenters. The van der Waals surface area contributed by atoms with Gasteiger partial charge in [-0.2, -0.15) is 0 Å². The summed E-state index contributed by atoms with van der Waals surface area (Å²) >= 11 is 3.20. The first-order valence-corrected chi connectivity index (χ1v) is 5.96. The van der Waals surface area contributed by atoms with E-state index in [9.17, 15) is 4.79 Å². The molecule has 0 amide bonds. The molecule has 0 saturated carbocycles. The average Bonchev–Trinajstić information content (AvgIpc) is 2.29. The zero-order valence-corrected chi connectivity index (χ0v) is 10.9. The maximum absolute atomic E-state index is 11.6. The van der Waals surface area contributed by atoms with Gasteiger partial charge in [0.2, 0.25) is 0 Å². The van der Waals surface area contributed by atoms with E-state index in [0.717, 1.165) is 6.42 Å². The van der Waals surface area contributed by atoms with E-state index in [2.05, 4.69) is 15.9 Å². The van der Waals surface area contributed by atoms with Gasteiger partial charge in [0.05, 0.1) is 11.1 Å². The summed E-state index contributed by atoms with van der Waals surface area (Å²) in [5.74, 6) is 0. The fourth-order valence-electron chi connectivity index (χ4n) is 1.25. The second-order valence-corrected chi connectivity index (χ2v) is 4.17. The molecule has 1 aromatic rings. The molecule has 0 N–H and O–H groups in total. The number of methoxy groups -OCH3 is 1. The monoisotopic (exact) mass is 289 g/mol. The van der Waals surface area contributed by atoms with Gasteiger partial charge in [0.1, 0.15) is 0 Å². The van der Waals surface area contributed by atoms with Crippen molar-refractivity contribution in [2.45, 2.75) is 13.0 Å². The van der Waals surface area contributed by atoms with Crippen molar-refractivity contribution in [2.24, 2.45) is 0 Å². The maximum Gasteiger partial charge on any atom is 0.264 e. The minimum Gasteiger partial charge on any atom is -0.385 e. The molecule has 0 aliphatic rings. The second kappa shape index (κ2) is 7.60. The van der Waals surface area contributed by atoms with Crippen LogP contribution < -0.4 is 5.56 Å². The standard InChI is InChI=1S/C11H16BrNO3/c1-15-7-3-8-16-9-6-13-5-2-4-10(12)11(13)14/h2,4-5H,3,6-9H2,1H3. The fraction of sp³-hybridized carbons (Fsp3) is 0.545. The third kappa shape index (κ3) is 4.47. The normalized spacial score (nSPS) is 10.6. The van der Waals surface area contributed by atoms with Crippen molar-refractivity contribution in [3.8, 4) is 0 Å². The lowest BCUT2D eigenvalue weighted by molar-refractivity contribution is 0.0972. The van der Waals surface area contributed by atoms with Gasteiger partial charge in [-0.1, -0.05) is 0 Å². The van der Waals surface area contributed by atoms with Crippen LogP contribution in [0.1, 0.15) is 6.42 Å². The second-order valence-electron chi connectivity index (χ2n) is 3.31. The van der Waals surface area contributed by atoms with E-state index < -0.39 is 0 Å². The number of nitrogens with zero attached hydrogens (tertiary/aromatic N) is 1. The lowest BCUT2D eigenvalue weighted by Crippen LogP contribution is -2.22. The molecule has 0 aliphatic heterocycles. The molecule has 0 unspecified atom stereocenters. The molecule has 1 aromatic heterocycles. The van der Waals surface area contributed by atoms with Gasteiger partial charge in [-0.15, -0.1) is 0 Å². The molecule has 0 aliphatic carbocycles. The number of hydrogen-bond donors (Lipinski definition) is 0. The first-order valence-electron chi connectivity index (χ1n) is 5.17. The van der Waals surface area contributed by atoms with Gasteiger partial charge in [-0.05, 0) is 34.5 Å². The van der Waals surface area contributed by atoms with E-state index in [-0.39, 0.29) is 5.56 Å². The Morgan fingerprint density at radius 3 is 2.94 bits per heavy atom. The van der Waals surface area contributed by atoms with E-state index in [4.69, 9.17) is 9.47 Å². The molecule has 1 rings (SSSR count). The van der Waals surface area contributed by atoms with Crippen LogP contribution in [0.4, 0.5) is 0 Å². The van der Waals surface area contributed by atoms with Gasteiger partial charge < -0.3 is 14.0 Å². The van der Waals surface area contributed by atoms with Gasteiger partial charge in [0.15, 0.2) is 0 Å². The number of hydrogen-bond acceptors (Lipinski definition) is 3. The van der Waals surface area contributed by atoms with E-state index in [1.54, 1.807) is 23.9 Å². The number of halogens is 1. The Morgan fingerprint density at radius 2 is 2.19 bits per heavy atom. The fourth-order valence-corrected chi connectivity index (χ4v) is 1.63. The van der Waals surface area contributed by atoms with E-state index in [1.807, 2.05) is 6.07 Å². The summed E-state index contributed by atoms with van der Waals surface area (Å²) in [5.41, 5.74) is -0.0250. The van der Waals surface area contributed by atoms with Crippen molar-refractivity contribution in [1.29, 1.82) is 0 Å². The highest BCUT2D eigenvalue weighted by Crippen LogP contribution is 2.00. The minimum absolute atomic E-state index is 0.0250. The topological polar surface area (TPSA) is 40.5 Å².